The first-order chi connectivity index (χ1) is 13.7. The van der Waals surface area contributed by atoms with Gasteiger partial charge in [0.25, 0.3) is 0 Å². The molecule has 0 aliphatic carbocycles. The van der Waals surface area contributed by atoms with E-state index in [0.29, 0.717) is 0 Å². The minimum absolute atomic E-state index is 0.139. The molecule has 0 aliphatic rings. The Morgan fingerprint density at radius 1 is 0.393 bits per heavy atom. The van der Waals surface area contributed by atoms with Crippen molar-refractivity contribution in [3.63, 3.8) is 0 Å². The van der Waals surface area contributed by atoms with Crippen LogP contribution in [0, 0.1) is 0 Å². The van der Waals surface area contributed by atoms with Gasteiger partial charge >= 0.3 is 0 Å². The van der Waals surface area contributed by atoms with Crippen molar-refractivity contribution in [2.75, 3.05) is 0 Å². The maximum atomic E-state index is 2.31. The van der Waals surface area contributed by atoms with E-state index < -0.39 is 0 Å². The topological polar surface area (TPSA) is 0 Å². The number of hydrogen-bond acceptors (Lipinski definition) is 0. The molecular weight excluding hydrogens is 352 g/mol. The Hall–Kier alpha value is -1.86. The molecule has 0 atom stereocenters. The largest absolute Gasteiger partial charge is 0.0724 e. The van der Waals surface area contributed by atoms with Gasteiger partial charge in [0.1, 0.15) is 0 Å². The van der Waals surface area contributed by atoms with Crippen LogP contribution >= 0.6 is 0 Å². The molecule has 0 saturated heterocycles. The van der Waals surface area contributed by atoms with Crippen molar-refractivity contribution in [2.45, 2.75) is 75.0 Å². The van der Waals surface area contributed by atoms with Crippen molar-refractivity contribution in [1.29, 1.82) is 0 Å². The van der Waals surface area contributed by atoms with Gasteiger partial charge in [-0.1, -0.05) is 136 Å². The fourth-order valence-corrected chi connectivity index (χ4v) is 2.67. The van der Waals surface area contributed by atoms with Gasteiger partial charge in [0.05, 0.1) is 0 Å². The first kappa shape index (κ1) is 28.3. The van der Waals surface area contributed by atoms with E-state index in [1.165, 1.54) is 32.3 Å². The van der Waals surface area contributed by atoms with E-state index in [9.17, 15) is 0 Å². The Balaban J connectivity index is 0. The van der Waals surface area contributed by atoms with Gasteiger partial charge in [0, 0.05) is 8.80 Å². The smallest absolute Gasteiger partial charge is 0.0274 e. The SMILES string of the molecule is CC.CC.CC.CC.C[SiH](C)C.c1cc2ccc3cccc4ccc(c1)c2c34. The Kier molecular flexibility index (Phi) is 17.5. The lowest BCUT2D eigenvalue weighted by molar-refractivity contribution is 1.50. The minimum atomic E-state index is -0.139. The van der Waals surface area contributed by atoms with Gasteiger partial charge in [-0.15, -0.1) is 0 Å². The molecule has 4 aromatic rings. The maximum absolute atomic E-state index is 2.31. The summed E-state index contributed by atoms with van der Waals surface area (Å²) < 4.78 is 0. The van der Waals surface area contributed by atoms with Crippen molar-refractivity contribution in [3.8, 4) is 0 Å². The quantitative estimate of drug-likeness (QED) is 0.205. The molecule has 0 heterocycles. The molecule has 0 saturated carbocycles. The summed E-state index contributed by atoms with van der Waals surface area (Å²) in [5.41, 5.74) is 0. The molecule has 28 heavy (non-hydrogen) atoms. The van der Waals surface area contributed by atoms with Gasteiger partial charge in [0.2, 0.25) is 0 Å². The van der Waals surface area contributed by atoms with Crippen LogP contribution in [0.2, 0.25) is 19.6 Å². The lowest BCUT2D eigenvalue weighted by Crippen LogP contribution is -1.84. The minimum Gasteiger partial charge on any atom is -0.0724 e. The molecule has 0 amide bonds. The van der Waals surface area contributed by atoms with Crippen molar-refractivity contribution in [3.05, 3.63) is 60.7 Å². The highest BCUT2D eigenvalue weighted by molar-refractivity contribution is 6.54. The zero-order chi connectivity index (χ0) is 22.1. The first-order valence-electron chi connectivity index (χ1n) is 11.3. The third-order valence-corrected chi connectivity index (χ3v) is 3.39. The molecule has 4 rings (SSSR count). The molecule has 0 nitrogen and oxygen atoms in total. The Labute approximate surface area is 176 Å². The van der Waals surface area contributed by atoms with E-state index in [1.54, 1.807) is 0 Å². The Morgan fingerprint density at radius 2 is 0.571 bits per heavy atom. The molecule has 0 aromatic heterocycles. The first-order valence-corrected chi connectivity index (χ1v) is 14.8. The maximum Gasteiger partial charge on any atom is 0.0274 e. The zero-order valence-electron chi connectivity index (χ0n) is 20.4. The predicted octanol–water partition coefficient (Wildman–Crippen LogP) is 9.79. The summed E-state index contributed by atoms with van der Waals surface area (Å²) in [6.07, 6.45) is 0. The van der Waals surface area contributed by atoms with Crippen LogP contribution in [-0.2, 0) is 0 Å². The highest BCUT2D eigenvalue weighted by Crippen LogP contribution is 2.33. The van der Waals surface area contributed by atoms with E-state index >= 15 is 0 Å². The van der Waals surface area contributed by atoms with Crippen LogP contribution in [0.15, 0.2) is 60.7 Å². The lowest BCUT2D eigenvalue weighted by Gasteiger charge is -2.09. The molecular formula is C27H44Si. The van der Waals surface area contributed by atoms with E-state index in [0.717, 1.165) is 0 Å². The second-order valence-corrected chi connectivity index (χ2v) is 9.49. The third-order valence-electron chi connectivity index (χ3n) is 3.39. The fourth-order valence-electron chi connectivity index (χ4n) is 2.67. The molecule has 1 heteroatoms. The number of hydrogen-bond donors (Lipinski definition) is 0. The van der Waals surface area contributed by atoms with Crippen LogP contribution in [0.4, 0.5) is 0 Å². The van der Waals surface area contributed by atoms with E-state index in [2.05, 4.69) is 80.3 Å². The summed E-state index contributed by atoms with van der Waals surface area (Å²) in [5.74, 6) is 0. The molecule has 0 fully saturated rings. The Bertz CT molecular complexity index is 714. The zero-order valence-corrected chi connectivity index (χ0v) is 21.5. The normalized spacial score (nSPS) is 8.86. The molecule has 4 aromatic carbocycles. The van der Waals surface area contributed by atoms with Gasteiger partial charge in [-0.3, -0.25) is 0 Å². The van der Waals surface area contributed by atoms with Crippen LogP contribution in [0.3, 0.4) is 0 Å². The summed E-state index contributed by atoms with van der Waals surface area (Å²) >= 11 is 0. The average molecular weight is 397 g/mol. The highest BCUT2D eigenvalue weighted by Gasteiger charge is 2.05. The monoisotopic (exact) mass is 396 g/mol. The van der Waals surface area contributed by atoms with E-state index in [1.807, 2.05) is 55.4 Å². The van der Waals surface area contributed by atoms with E-state index in [-0.39, 0.29) is 8.80 Å². The van der Waals surface area contributed by atoms with Crippen LogP contribution < -0.4 is 0 Å². The van der Waals surface area contributed by atoms with Gasteiger partial charge in [-0.05, 0) is 32.3 Å². The molecule has 0 radical (unpaired) electrons. The van der Waals surface area contributed by atoms with Gasteiger partial charge in [-0.2, -0.15) is 0 Å². The summed E-state index contributed by atoms with van der Waals surface area (Å²) in [7, 11) is -0.139. The molecule has 0 bridgehead atoms. The van der Waals surface area contributed by atoms with Gasteiger partial charge in [0.15, 0.2) is 0 Å². The van der Waals surface area contributed by atoms with Gasteiger partial charge in [-0.25, -0.2) is 0 Å². The van der Waals surface area contributed by atoms with Crippen molar-refractivity contribution < 1.29 is 0 Å². The molecule has 0 N–H and O–H groups in total. The number of rotatable bonds is 0. The van der Waals surface area contributed by atoms with Crippen molar-refractivity contribution in [2.24, 2.45) is 0 Å². The second kappa shape index (κ2) is 17.2. The molecule has 156 valence electrons. The van der Waals surface area contributed by atoms with Crippen molar-refractivity contribution >= 4 is 41.1 Å². The summed E-state index contributed by atoms with van der Waals surface area (Å²) in [4.78, 5) is 0. The molecule has 0 aliphatic heterocycles. The third kappa shape index (κ3) is 8.02. The van der Waals surface area contributed by atoms with Crippen LogP contribution in [0.1, 0.15) is 55.4 Å². The number of benzene rings is 4. The van der Waals surface area contributed by atoms with Crippen LogP contribution in [0.25, 0.3) is 32.3 Å². The standard InChI is InChI=1S/C16H10.C3H10Si.4C2H6/c1-3-11-7-9-13-5-2-6-14-10-8-12(4-1)15(11)16(13)14;1-4(2)3;4*1-2/h1-10H;4H,1-3H3;4*1-2H3. The predicted molar refractivity (Wildman–Crippen MR) is 140 cm³/mol. The highest BCUT2D eigenvalue weighted by atomic mass is 28.3. The van der Waals surface area contributed by atoms with Crippen LogP contribution in [0.5, 0.6) is 0 Å². The fraction of sp³-hybridized carbons (Fsp3) is 0.407. The second-order valence-electron chi connectivity index (χ2n) is 6.02. The van der Waals surface area contributed by atoms with Crippen LogP contribution in [-0.4, -0.2) is 8.80 Å². The summed E-state index contributed by atoms with van der Waals surface area (Å²) in [6.45, 7) is 22.9. The van der Waals surface area contributed by atoms with Gasteiger partial charge < -0.3 is 0 Å². The van der Waals surface area contributed by atoms with Crippen molar-refractivity contribution in [1.82, 2.24) is 0 Å². The molecule has 0 spiro atoms. The van der Waals surface area contributed by atoms with E-state index in [4.69, 9.17) is 0 Å². The molecule has 0 unspecified atom stereocenters. The lowest BCUT2D eigenvalue weighted by atomic mass is 9.95. The Morgan fingerprint density at radius 3 is 0.750 bits per heavy atom. The average Bonchev–Trinajstić information content (AvgIpc) is 2.77. The summed E-state index contributed by atoms with van der Waals surface area (Å²) in [5, 5.41) is 8.14. The summed E-state index contributed by atoms with van der Waals surface area (Å²) in [6, 6.07) is 21.9.